The van der Waals surface area contributed by atoms with Crippen LogP contribution in [0.3, 0.4) is 0 Å². The molecule has 0 atom stereocenters. The van der Waals surface area contributed by atoms with Crippen molar-refractivity contribution in [1.82, 2.24) is 0 Å². The molecule has 2 rings (SSSR count). The number of primary amides is 1. The number of rotatable bonds is 3. The number of benzene rings is 2. The van der Waals surface area contributed by atoms with E-state index < -0.39 is 6.03 Å². The van der Waals surface area contributed by atoms with Gasteiger partial charge in [0.05, 0.1) is 22.9 Å². The molecule has 0 spiro atoms. The molecule has 22 heavy (non-hydrogen) atoms. The molecule has 0 bridgehead atoms. The number of amides is 3. The van der Waals surface area contributed by atoms with Crippen molar-refractivity contribution >= 4 is 23.3 Å². The Balaban J connectivity index is 2.26. The van der Waals surface area contributed by atoms with E-state index in [2.05, 4.69) is 5.32 Å². The monoisotopic (exact) mass is 294 g/mol. The van der Waals surface area contributed by atoms with Gasteiger partial charge in [-0.05, 0) is 36.4 Å². The normalized spacial score (nSPS) is 9.64. The van der Waals surface area contributed by atoms with E-state index in [4.69, 9.17) is 11.0 Å². The van der Waals surface area contributed by atoms with Gasteiger partial charge in [0.15, 0.2) is 0 Å². The van der Waals surface area contributed by atoms with Crippen LogP contribution < -0.4 is 16.0 Å². The quantitative estimate of drug-likeness (QED) is 0.908. The van der Waals surface area contributed by atoms with Gasteiger partial charge in [-0.25, -0.2) is 4.79 Å². The first kappa shape index (κ1) is 15.1. The smallest absolute Gasteiger partial charge is 0.319 e. The third-order valence-electron chi connectivity index (χ3n) is 3.11. The number of carbonyl (C=O) groups is 2. The van der Waals surface area contributed by atoms with Crippen LogP contribution in [-0.4, -0.2) is 19.0 Å². The van der Waals surface area contributed by atoms with Crippen LogP contribution in [0.25, 0.3) is 0 Å². The lowest BCUT2D eigenvalue weighted by molar-refractivity contribution is 0.102. The lowest BCUT2D eigenvalue weighted by Gasteiger charge is -2.18. The Morgan fingerprint density at radius 1 is 1.14 bits per heavy atom. The molecule has 0 fully saturated rings. The van der Waals surface area contributed by atoms with Crippen molar-refractivity contribution in [2.45, 2.75) is 0 Å². The van der Waals surface area contributed by atoms with Crippen LogP contribution in [0.1, 0.15) is 15.9 Å². The summed E-state index contributed by atoms with van der Waals surface area (Å²) in [5.41, 5.74) is 7.05. The summed E-state index contributed by atoms with van der Waals surface area (Å²) in [6, 6.07) is 14.5. The van der Waals surface area contributed by atoms with Crippen LogP contribution >= 0.6 is 0 Å². The number of nitrogens with one attached hydrogen (secondary N) is 1. The van der Waals surface area contributed by atoms with Gasteiger partial charge in [0.25, 0.3) is 5.91 Å². The van der Waals surface area contributed by atoms with Crippen LogP contribution in [0.15, 0.2) is 48.5 Å². The minimum absolute atomic E-state index is 0.327. The predicted octanol–water partition coefficient (Wildman–Crippen LogP) is 2.33. The van der Waals surface area contributed by atoms with Gasteiger partial charge in [-0.15, -0.1) is 0 Å². The first-order valence-corrected chi connectivity index (χ1v) is 6.46. The SMILES string of the molecule is CN(C(N)=O)c1ccccc1C(=O)Nc1ccc(C#N)cc1. The fourth-order valence-electron chi connectivity index (χ4n) is 1.90. The molecule has 0 saturated carbocycles. The molecule has 2 aromatic carbocycles. The number of para-hydroxylation sites is 1. The van der Waals surface area contributed by atoms with Crippen LogP contribution in [0.4, 0.5) is 16.2 Å². The zero-order chi connectivity index (χ0) is 16.1. The van der Waals surface area contributed by atoms with E-state index in [1.807, 2.05) is 6.07 Å². The minimum Gasteiger partial charge on any atom is -0.351 e. The molecule has 0 unspecified atom stereocenters. The van der Waals surface area contributed by atoms with Crippen LogP contribution in [0.5, 0.6) is 0 Å². The van der Waals surface area contributed by atoms with E-state index in [0.717, 1.165) is 0 Å². The molecule has 110 valence electrons. The molecule has 0 heterocycles. The van der Waals surface area contributed by atoms with E-state index in [9.17, 15) is 9.59 Å². The van der Waals surface area contributed by atoms with Gasteiger partial charge in [-0.1, -0.05) is 12.1 Å². The first-order valence-electron chi connectivity index (χ1n) is 6.46. The van der Waals surface area contributed by atoms with Crippen molar-refractivity contribution < 1.29 is 9.59 Å². The summed E-state index contributed by atoms with van der Waals surface area (Å²) in [7, 11) is 1.50. The highest BCUT2D eigenvalue weighted by atomic mass is 16.2. The molecule has 0 saturated heterocycles. The minimum atomic E-state index is -0.654. The fraction of sp³-hybridized carbons (Fsp3) is 0.0625. The first-order chi connectivity index (χ1) is 10.5. The van der Waals surface area contributed by atoms with Gasteiger partial charge < -0.3 is 11.1 Å². The van der Waals surface area contributed by atoms with Gasteiger partial charge in [-0.2, -0.15) is 5.26 Å². The zero-order valence-electron chi connectivity index (χ0n) is 11.9. The molecule has 2 aromatic rings. The topological polar surface area (TPSA) is 99.2 Å². The highest BCUT2D eigenvalue weighted by Gasteiger charge is 2.16. The van der Waals surface area contributed by atoms with Crippen LogP contribution in [0.2, 0.25) is 0 Å². The average Bonchev–Trinajstić information content (AvgIpc) is 2.54. The molecule has 6 nitrogen and oxygen atoms in total. The summed E-state index contributed by atoms with van der Waals surface area (Å²) in [5.74, 6) is -0.367. The number of urea groups is 1. The second kappa shape index (κ2) is 6.41. The lowest BCUT2D eigenvalue weighted by atomic mass is 10.1. The zero-order valence-corrected chi connectivity index (χ0v) is 11.9. The van der Waals surface area contributed by atoms with Crippen molar-refractivity contribution in [2.24, 2.45) is 5.73 Å². The van der Waals surface area contributed by atoms with Crippen LogP contribution in [-0.2, 0) is 0 Å². The van der Waals surface area contributed by atoms with E-state index in [0.29, 0.717) is 22.5 Å². The molecule has 6 heteroatoms. The Morgan fingerprint density at radius 3 is 2.36 bits per heavy atom. The molecule has 3 amide bonds. The summed E-state index contributed by atoms with van der Waals surface area (Å²) < 4.78 is 0. The Kier molecular flexibility index (Phi) is 4.39. The lowest BCUT2D eigenvalue weighted by Crippen LogP contribution is -2.33. The Hall–Kier alpha value is -3.33. The number of nitriles is 1. The van der Waals surface area contributed by atoms with Crippen molar-refractivity contribution in [1.29, 1.82) is 5.26 Å². The molecule has 0 radical (unpaired) electrons. The second-order valence-corrected chi connectivity index (χ2v) is 4.56. The third kappa shape index (κ3) is 3.22. The Bertz CT molecular complexity index is 747. The fourth-order valence-corrected chi connectivity index (χ4v) is 1.90. The average molecular weight is 294 g/mol. The number of hydrogen-bond donors (Lipinski definition) is 2. The molecule has 0 aliphatic heterocycles. The molecule has 0 aliphatic carbocycles. The Labute approximate surface area is 127 Å². The number of nitrogens with zero attached hydrogens (tertiary/aromatic N) is 2. The highest BCUT2D eigenvalue weighted by Crippen LogP contribution is 2.20. The second-order valence-electron chi connectivity index (χ2n) is 4.56. The van der Waals surface area contributed by atoms with Crippen molar-refractivity contribution in [3.8, 4) is 6.07 Å². The summed E-state index contributed by atoms with van der Waals surface area (Å²) in [6.45, 7) is 0. The largest absolute Gasteiger partial charge is 0.351 e. The summed E-state index contributed by atoms with van der Waals surface area (Å²) in [5, 5.41) is 11.5. The van der Waals surface area contributed by atoms with Crippen molar-refractivity contribution in [2.75, 3.05) is 17.3 Å². The highest BCUT2D eigenvalue weighted by molar-refractivity contribution is 6.10. The summed E-state index contributed by atoms with van der Waals surface area (Å²) in [4.78, 5) is 24.9. The van der Waals surface area contributed by atoms with E-state index in [-0.39, 0.29) is 5.91 Å². The number of nitrogens with two attached hydrogens (primary N) is 1. The van der Waals surface area contributed by atoms with Gasteiger partial charge in [0.2, 0.25) is 0 Å². The molecular weight excluding hydrogens is 280 g/mol. The molecule has 3 N–H and O–H groups in total. The van der Waals surface area contributed by atoms with Gasteiger partial charge in [0.1, 0.15) is 0 Å². The van der Waals surface area contributed by atoms with E-state index >= 15 is 0 Å². The standard InChI is InChI=1S/C16H14N4O2/c1-20(16(18)22)14-5-3-2-4-13(14)15(21)19-12-8-6-11(10-17)7-9-12/h2-9H,1H3,(H2,18,22)(H,19,21). The number of anilines is 2. The summed E-state index contributed by atoms with van der Waals surface area (Å²) in [6.07, 6.45) is 0. The summed E-state index contributed by atoms with van der Waals surface area (Å²) >= 11 is 0. The maximum absolute atomic E-state index is 12.4. The van der Waals surface area contributed by atoms with Crippen LogP contribution in [0, 0.1) is 11.3 Å². The van der Waals surface area contributed by atoms with Gasteiger partial charge in [0, 0.05) is 12.7 Å². The van der Waals surface area contributed by atoms with E-state index in [1.165, 1.54) is 11.9 Å². The third-order valence-corrected chi connectivity index (χ3v) is 3.11. The molecule has 0 aliphatic rings. The van der Waals surface area contributed by atoms with Gasteiger partial charge >= 0.3 is 6.03 Å². The number of hydrogen-bond acceptors (Lipinski definition) is 3. The predicted molar refractivity (Wildman–Crippen MR) is 83.5 cm³/mol. The number of carbonyl (C=O) groups excluding carboxylic acids is 2. The molecule has 0 aromatic heterocycles. The molecular formula is C16H14N4O2. The van der Waals surface area contributed by atoms with Crippen molar-refractivity contribution in [3.05, 3.63) is 59.7 Å². The Morgan fingerprint density at radius 2 is 1.77 bits per heavy atom. The maximum Gasteiger partial charge on any atom is 0.319 e. The van der Waals surface area contributed by atoms with Gasteiger partial charge in [-0.3, -0.25) is 9.69 Å². The maximum atomic E-state index is 12.4. The van der Waals surface area contributed by atoms with Crippen molar-refractivity contribution in [3.63, 3.8) is 0 Å². The van der Waals surface area contributed by atoms with E-state index in [1.54, 1.807) is 48.5 Å².